The molecule has 5 N–H and O–H groups in total. The van der Waals surface area contributed by atoms with Gasteiger partial charge >= 0.3 is 0 Å². The lowest BCUT2D eigenvalue weighted by atomic mass is 10.2. The average Bonchev–Trinajstić information content (AvgIpc) is 2.27. The summed E-state index contributed by atoms with van der Waals surface area (Å²) in [6, 6.07) is 4.36. The van der Waals surface area contributed by atoms with Gasteiger partial charge in [-0.1, -0.05) is 0 Å². The number of nitrogens with two attached hydrogens (primary N) is 2. The second kappa shape index (κ2) is 5.89. The second-order valence-electron chi connectivity index (χ2n) is 4.26. The van der Waals surface area contributed by atoms with E-state index >= 15 is 0 Å². The smallest absolute Gasteiger partial charge is 0.240 e. The van der Waals surface area contributed by atoms with Crippen LogP contribution in [0, 0.1) is 0 Å². The molecule has 0 aliphatic carbocycles. The second-order valence-corrected chi connectivity index (χ2v) is 5.79. The van der Waals surface area contributed by atoms with Gasteiger partial charge in [0, 0.05) is 32.7 Å². The Kier molecular flexibility index (Phi) is 4.73. The Morgan fingerprint density at radius 1 is 1.37 bits per heavy atom. The van der Waals surface area contributed by atoms with Crippen molar-refractivity contribution in [2.45, 2.75) is 11.3 Å². The van der Waals surface area contributed by atoms with E-state index in [1.165, 1.54) is 17.0 Å². The van der Waals surface area contributed by atoms with Crippen molar-refractivity contribution >= 4 is 27.3 Å². The fraction of sp³-hybridized carbons (Fsp3) is 0.364. The predicted molar refractivity (Wildman–Crippen MR) is 74.0 cm³/mol. The molecule has 0 unspecified atom stereocenters. The van der Waals surface area contributed by atoms with Gasteiger partial charge in [0.25, 0.3) is 0 Å². The number of primary sulfonamides is 1. The normalized spacial score (nSPS) is 11.1. The maximum Gasteiger partial charge on any atom is 0.240 e. The van der Waals surface area contributed by atoms with Crippen LogP contribution in [0.4, 0.5) is 11.4 Å². The van der Waals surface area contributed by atoms with E-state index in [-0.39, 0.29) is 16.5 Å². The Labute approximate surface area is 112 Å². The van der Waals surface area contributed by atoms with Crippen molar-refractivity contribution in [2.24, 2.45) is 5.14 Å². The number of nitrogen functional groups attached to an aromatic ring is 1. The molecule has 0 bridgehead atoms. The number of amides is 1. The summed E-state index contributed by atoms with van der Waals surface area (Å²) < 4.78 is 22.3. The van der Waals surface area contributed by atoms with E-state index in [9.17, 15) is 13.2 Å². The highest BCUT2D eigenvalue weighted by Crippen LogP contribution is 2.21. The van der Waals surface area contributed by atoms with E-state index in [1.54, 1.807) is 20.2 Å². The standard InChI is InChI=1S/C11H18N4O3S/c1-15(2)11(16)5-6-14-8-3-4-10(9(12)7-8)19(13,17)18/h3-4,7,14H,5-6,12H2,1-2H3,(H2,13,17,18). The minimum absolute atomic E-state index is 0.00151. The molecule has 0 heterocycles. The Hall–Kier alpha value is -1.80. The Bertz CT molecular complexity index is 569. The van der Waals surface area contributed by atoms with Crippen molar-refractivity contribution in [3.05, 3.63) is 18.2 Å². The number of nitrogens with zero attached hydrogens (tertiary/aromatic N) is 1. The van der Waals surface area contributed by atoms with Gasteiger partial charge in [-0.15, -0.1) is 0 Å². The van der Waals surface area contributed by atoms with Crippen LogP contribution < -0.4 is 16.2 Å². The SMILES string of the molecule is CN(C)C(=O)CCNc1ccc(S(N)(=O)=O)c(N)c1. The Balaban J connectivity index is 2.68. The van der Waals surface area contributed by atoms with Gasteiger partial charge in [0.05, 0.1) is 5.69 Å². The van der Waals surface area contributed by atoms with Crippen LogP contribution in [-0.2, 0) is 14.8 Å². The number of anilines is 2. The van der Waals surface area contributed by atoms with E-state index < -0.39 is 10.0 Å². The first kappa shape index (κ1) is 15.3. The summed E-state index contributed by atoms with van der Waals surface area (Å²) in [5.41, 5.74) is 6.32. The van der Waals surface area contributed by atoms with Gasteiger partial charge in [0.1, 0.15) is 4.90 Å². The van der Waals surface area contributed by atoms with E-state index in [4.69, 9.17) is 10.9 Å². The van der Waals surface area contributed by atoms with E-state index in [1.807, 2.05) is 0 Å². The molecule has 1 rings (SSSR count). The van der Waals surface area contributed by atoms with Crippen LogP contribution in [0.15, 0.2) is 23.1 Å². The topological polar surface area (TPSA) is 119 Å². The molecule has 0 spiro atoms. The van der Waals surface area contributed by atoms with Crippen molar-refractivity contribution in [1.29, 1.82) is 0 Å². The first-order chi connectivity index (χ1) is 8.71. The lowest BCUT2D eigenvalue weighted by Crippen LogP contribution is -2.23. The van der Waals surface area contributed by atoms with Crippen LogP contribution >= 0.6 is 0 Å². The molecule has 8 heteroatoms. The molecule has 1 aromatic rings. The number of sulfonamides is 1. The number of benzene rings is 1. The zero-order valence-electron chi connectivity index (χ0n) is 10.9. The van der Waals surface area contributed by atoms with Gasteiger partial charge in [-0.3, -0.25) is 4.79 Å². The molecule has 1 amide bonds. The van der Waals surface area contributed by atoms with Gasteiger partial charge in [-0.05, 0) is 18.2 Å². The first-order valence-corrected chi connectivity index (χ1v) is 7.13. The summed E-state index contributed by atoms with van der Waals surface area (Å²) in [5, 5.41) is 7.99. The van der Waals surface area contributed by atoms with Gasteiger partial charge in [-0.25, -0.2) is 13.6 Å². The number of hydrogen-bond acceptors (Lipinski definition) is 5. The summed E-state index contributed by atoms with van der Waals surface area (Å²) in [6.07, 6.45) is 0.337. The third-order valence-corrected chi connectivity index (χ3v) is 3.47. The number of carbonyl (C=O) groups is 1. The zero-order chi connectivity index (χ0) is 14.6. The molecule has 0 saturated carbocycles. The largest absolute Gasteiger partial charge is 0.398 e. The number of rotatable bonds is 5. The molecule has 19 heavy (non-hydrogen) atoms. The van der Waals surface area contributed by atoms with Crippen molar-refractivity contribution in [1.82, 2.24) is 4.90 Å². The molecule has 0 aliphatic heterocycles. The van der Waals surface area contributed by atoms with Crippen LogP contribution in [-0.4, -0.2) is 39.9 Å². The third-order valence-electron chi connectivity index (χ3n) is 2.48. The minimum Gasteiger partial charge on any atom is -0.398 e. The molecular formula is C11H18N4O3S. The summed E-state index contributed by atoms with van der Waals surface area (Å²) in [4.78, 5) is 12.7. The number of carbonyl (C=O) groups excluding carboxylic acids is 1. The highest BCUT2D eigenvalue weighted by atomic mass is 32.2. The van der Waals surface area contributed by atoms with E-state index in [0.29, 0.717) is 18.7 Å². The molecule has 0 aromatic heterocycles. The van der Waals surface area contributed by atoms with E-state index in [0.717, 1.165) is 0 Å². The maximum absolute atomic E-state index is 11.4. The molecule has 1 aromatic carbocycles. The van der Waals surface area contributed by atoms with Crippen LogP contribution in [0.25, 0.3) is 0 Å². The van der Waals surface area contributed by atoms with Gasteiger partial charge in [0.15, 0.2) is 0 Å². The number of nitrogens with one attached hydrogen (secondary N) is 1. The predicted octanol–water partition coefficient (Wildman–Crippen LogP) is -0.194. The van der Waals surface area contributed by atoms with Crippen LogP contribution in [0.3, 0.4) is 0 Å². The van der Waals surface area contributed by atoms with Gasteiger partial charge < -0.3 is 16.0 Å². The lowest BCUT2D eigenvalue weighted by molar-refractivity contribution is -0.128. The highest BCUT2D eigenvalue weighted by Gasteiger charge is 2.12. The minimum atomic E-state index is -3.81. The van der Waals surface area contributed by atoms with E-state index in [2.05, 4.69) is 5.32 Å². The molecule has 0 aliphatic rings. The highest BCUT2D eigenvalue weighted by molar-refractivity contribution is 7.89. The van der Waals surface area contributed by atoms with Crippen LogP contribution in [0.5, 0.6) is 0 Å². The molecular weight excluding hydrogens is 268 g/mol. The monoisotopic (exact) mass is 286 g/mol. The Morgan fingerprint density at radius 2 is 2.00 bits per heavy atom. The molecule has 0 saturated heterocycles. The molecule has 0 fully saturated rings. The van der Waals surface area contributed by atoms with Crippen molar-refractivity contribution in [3.63, 3.8) is 0 Å². The Morgan fingerprint density at radius 3 is 2.47 bits per heavy atom. The third kappa shape index (κ3) is 4.42. The van der Waals surface area contributed by atoms with Gasteiger partial charge in [-0.2, -0.15) is 0 Å². The molecule has 7 nitrogen and oxygen atoms in total. The number of hydrogen-bond donors (Lipinski definition) is 3. The molecule has 106 valence electrons. The molecule has 0 radical (unpaired) electrons. The maximum atomic E-state index is 11.4. The first-order valence-electron chi connectivity index (χ1n) is 5.58. The fourth-order valence-electron chi connectivity index (χ4n) is 1.45. The molecule has 0 atom stereocenters. The quantitative estimate of drug-likeness (QED) is 0.648. The summed E-state index contributed by atoms with van der Waals surface area (Å²) in [5.74, 6) is 0.00151. The zero-order valence-corrected chi connectivity index (χ0v) is 11.7. The summed E-state index contributed by atoms with van der Waals surface area (Å²) in [6.45, 7) is 0.436. The fourth-order valence-corrected chi connectivity index (χ4v) is 2.10. The van der Waals surface area contributed by atoms with Crippen LogP contribution in [0.1, 0.15) is 6.42 Å². The van der Waals surface area contributed by atoms with Crippen LogP contribution in [0.2, 0.25) is 0 Å². The van der Waals surface area contributed by atoms with Crippen molar-refractivity contribution in [3.8, 4) is 0 Å². The van der Waals surface area contributed by atoms with Crippen molar-refractivity contribution < 1.29 is 13.2 Å². The summed E-state index contributed by atoms with van der Waals surface area (Å²) >= 11 is 0. The lowest BCUT2D eigenvalue weighted by Gasteiger charge is -2.12. The van der Waals surface area contributed by atoms with Crippen molar-refractivity contribution in [2.75, 3.05) is 31.7 Å². The average molecular weight is 286 g/mol. The van der Waals surface area contributed by atoms with Gasteiger partial charge in [0.2, 0.25) is 15.9 Å². The summed E-state index contributed by atoms with van der Waals surface area (Å²) in [7, 11) is -0.445.